The molecule has 0 radical (unpaired) electrons. The van der Waals surface area contributed by atoms with Gasteiger partial charge < -0.3 is 20.9 Å². The molecular formula is C13H15FN2O4. The molecule has 1 fully saturated rings. The Bertz CT molecular complexity index is 541. The van der Waals surface area contributed by atoms with E-state index in [0.29, 0.717) is 0 Å². The monoisotopic (exact) mass is 282 g/mol. The molecule has 0 atom stereocenters. The Kier molecular flexibility index (Phi) is 3.89. The van der Waals surface area contributed by atoms with Crippen LogP contribution in [-0.2, 0) is 9.53 Å². The van der Waals surface area contributed by atoms with Gasteiger partial charge in [-0.2, -0.15) is 0 Å². The lowest BCUT2D eigenvalue weighted by Gasteiger charge is -2.33. The van der Waals surface area contributed by atoms with E-state index < -0.39 is 23.2 Å². The predicted molar refractivity (Wildman–Crippen MR) is 68.7 cm³/mol. The van der Waals surface area contributed by atoms with Crippen LogP contribution in [0.2, 0.25) is 0 Å². The molecular weight excluding hydrogens is 267 g/mol. The van der Waals surface area contributed by atoms with Crippen LogP contribution in [0.15, 0.2) is 18.2 Å². The van der Waals surface area contributed by atoms with Crippen LogP contribution in [-0.4, -0.2) is 35.7 Å². The van der Waals surface area contributed by atoms with Gasteiger partial charge in [-0.25, -0.2) is 9.18 Å². The molecule has 6 nitrogen and oxygen atoms in total. The molecule has 1 saturated heterocycles. The van der Waals surface area contributed by atoms with Gasteiger partial charge in [-0.05, 0) is 18.2 Å². The van der Waals surface area contributed by atoms with E-state index in [1.54, 1.807) is 0 Å². The first-order valence-corrected chi connectivity index (χ1v) is 6.13. The van der Waals surface area contributed by atoms with Crippen molar-refractivity contribution in [3.05, 3.63) is 29.6 Å². The maximum Gasteiger partial charge on any atom is 0.329 e. The van der Waals surface area contributed by atoms with Gasteiger partial charge >= 0.3 is 5.97 Å². The van der Waals surface area contributed by atoms with Crippen molar-refractivity contribution >= 4 is 17.6 Å². The SMILES string of the molecule is Nc1ccc(C(=O)NC2(C(=O)O)CCOCC2)c(F)c1. The number of nitrogens with two attached hydrogens (primary N) is 1. The molecule has 1 heterocycles. The number of carboxylic acid groups (broad SMARTS) is 1. The van der Waals surface area contributed by atoms with Gasteiger partial charge in [-0.15, -0.1) is 0 Å². The molecule has 20 heavy (non-hydrogen) atoms. The van der Waals surface area contributed by atoms with E-state index in [1.807, 2.05) is 0 Å². The Labute approximate surface area is 114 Å². The molecule has 0 unspecified atom stereocenters. The lowest BCUT2D eigenvalue weighted by Crippen LogP contribution is -2.57. The molecule has 1 aromatic rings. The summed E-state index contributed by atoms with van der Waals surface area (Å²) in [6, 6.07) is 3.64. The predicted octanol–water partition coefficient (Wildman–Crippen LogP) is 0.771. The Morgan fingerprint density at radius 1 is 1.35 bits per heavy atom. The van der Waals surface area contributed by atoms with Crippen LogP contribution in [0.5, 0.6) is 0 Å². The first kappa shape index (κ1) is 14.3. The number of nitrogens with one attached hydrogen (secondary N) is 1. The summed E-state index contributed by atoms with van der Waals surface area (Å²) in [4.78, 5) is 23.5. The smallest absolute Gasteiger partial charge is 0.329 e. The maximum absolute atomic E-state index is 13.7. The molecule has 0 aliphatic carbocycles. The van der Waals surface area contributed by atoms with E-state index >= 15 is 0 Å². The lowest BCUT2D eigenvalue weighted by atomic mass is 9.89. The quantitative estimate of drug-likeness (QED) is 0.711. The van der Waals surface area contributed by atoms with Gasteiger partial charge in [0.05, 0.1) is 5.56 Å². The number of halogens is 1. The summed E-state index contributed by atoms with van der Waals surface area (Å²) < 4.78 is 18.8. The average Bonchev–Trinajstić information content (AvgIpc) is 2.39. The van der Waals surface area contributed by atoms with Gasteiger partial charge in [0.1, 0.15) is 11.4 Å². The Morgan fingerprint density at radius 3 is 2.55 bits per heavy atom. The highest BCUT2D eigenvalue weighted by Gasteiger charge is 2.42. The molecule has 2 rings (SSSR count). The van der Waals surface area contributed by atoms with Crippen LogP contribution in [0.1, 0.15) is 23.2 Å². The highest BCUT2D eigenvalue weighted by Crippen LogP contribution is 2.22. The van der Waals surface area contributed by atoms with Crippen LogP contribution in [0.4, 0.5) is 10.1 Å². The standard InChI is InChI=1S/C13H15FN2O4/c14-10-7-8(15)1-2-9(10)11(17)16-13(12(18)19)3-5-20-6-4-13/h1-2,7H,3-6,15H2,(H,16,17)(H,18,19). The molecule has 7 heteroatoms. The Hall–Kier alpha value is -2.15. The average molecular weight is 282 g/mol. The van der Waals surface area contributed by atoms with Crippen molar-refractivity contribution in [1.82, 2.24) is 5.32 Å². The fourth-order valence-electron chi connectivity index (χ4n) is 2.11. The molecule has 0 saturated carbocycles. The number of carbonyl (C=O) groups excluding carboxylic acids is 1. The fourth-order valence-corrected chi connectivity index (χ4v) is 2.11. The van der Waals surface area contributed by atoms with Gasteiger partial charge in [0, 0.05) is 31.7 Å². The number of rotatable bonds is 3. The number of ether oxygens (including phenoxy) is 1. The number of nitrogen functional groups attached to an aromatic ring is 1. The minimum absolute atomic E-state index is 0.144. The zero-order chi connectivity index (χ0) is 14.8. The topological polar surface area (TPSA) is 102 Å². The van der Waals surface area contributed by atoms with Crippen LogP contribution < -0.4 is 11.1 Å². The van der Waals surface area contributed by atoms with Crippen molar-refractivity contribution in [2.75, 3.05) is 18.9 Å². The summed E-state index contributed by atoms with van der Waals surface area (Å²) in [5.41, 5.74) is 3.95. The normalized spacial score (nSPS) is 17.4. The molecule has 0 bridgehead atoms. The number of amides is 1. The van der Waals surface area contributed by atoms with Crippen LogP contribution >= 0.6 is 0 Å². The molecule has 0 spiro atoms. The van der Waals surface area contributed by atoms with Crippen molar-refractivity contribution in [2.45, 2.75) is 18.4 Å². The Balaban J connectivity index is 2.22. The number of hydrogen-bond acceptors (Lipinski definition) is 4. The van der Waals surface area contributed by atoms with Gasteiger partial charge in [-0.1, -0.05) is 0 Å². The van der Waals surface area contributed by atoms with Gasteiger partial charge in [0.25, 0.3) is 5.91 Å². The summed E-state index contributed by atoms with van der Waals surface area (Å²) in [7, 11) is 0. The second-order valence-electron chi connectivity index (χ2n) is 4.69. The minimum atomic E-state index is -1.41. The molecule has 4 N–H and O–H groups in total. The van der Waals surface area contributed by atoms with Gasteiger partial charge in [-0.3, -0.25) is 4.79 Å². The molecule has 1 aliphatic heterocycles. The van der Waals surface area contributed by atoms with Crippen molar-refractivity contribution in [3.8, 4) is 0 Å². The number of aliphatic carboxylic acids is 1. The largest absolute Gasteiger partial charge is 0.480 e. The fraction of sp³-hybridized carbons (Fsp3) is 0.385. The number of carbonyl (C=O) groups is 2. The highest BCUT2D eigenvalue weighted by molar-refractivity contribution is 5.98. The summed E-state index contributed by atoms with van der Waals surface area (Å²) in [5.74, 6) is -2.70. The molecule has 108 valence electrons. The summed E-state index contributed by atoms with van der Waals surface area (Å²) in [6.45, 7) is 0.466. The van der Waals surface area contributed by atoms with Crippen LogP contribution in [0.3, 0.4) is 0 Å². The van der Waals surface area contributed by atoms with E-state index in [4.69, 9.17) is 10.5 Å². The first-order chi connectivity index (χ1) is 9.44. The first-order valence-electron chi connectivity index (χ1n) is 6.13. The minimum Gasteiger partial charge on any atom is -0.480 e. The number of anilines is 1. The van der Waals surface area contributed by atoms with Crippen LogP contribution in [0.25, 0.3) is 0 Å². The lowest BCUT2D eigenvalue weighted by molar-refractivity contribution is -0.148. The summed E-state index contributed by atoms with van der Waals surface area (Å²) in [5, 5.41) is 11.7. The van der Waals surface area contributed by atoms with Crippen molar-refractivity contribution in [2.24, 2.45) is 0 Å². The number of benzene rings is 1. The molecule has 1 aromatic carbocycles. The third-order valence-electron chi connectivity index (χ3n) is 3.35. The van der Waals surface area contributed by atoms with Crippen molar-refractivity contribution in [1.29, 1.82) is 0 Å². The number of hydrogen-bond donors (Lipinski definition) is 3. The maximum atomic E-state index is 13.7. The second-order valence-corrected chi connectivity index (χ2v) is 4.69. The van der Waals surface area contributed by atoms with Gasteiger partial charge in [0.15, 0.2) is 0 Å². The van der Waals surface area contributed by atoms with E-state index in [-0.39, 0.29) is 37.3 Å². The zero-order valence-electron chi connectivity index (χ0n) is 10.7. The molecule has 0 aromatic heterocycles. The van der Waals surface area contributed by atoms with E-state index in [0.717, 1.165) is 6.07 Å². The van der Waals surface area contributed by atoms with Crippen molar-refractivity contribution in [3.63, 3.8) is 0 Å². The van der Waals surface area contributed by atoms with E-state index in [9.17, 15) is 19.1 Å². The van der Waals surface area contributed by atoms with E-state index in [2.05, 4.69) is 5.32 Å². The zero-order valence-corrected chi connectivity index (χ0v) is 10.7. The van der Waals surface area contributed by atoms with E-state index in [1.165, 1.54) is 12.1 Å². The molecule has 1 amide bonds. The third-order valence-corrected chi connectivity index (χ3v) is 3.35. The summed E-state index contributed by atoms with van der Waals surface area (Å²) >= 11 is 0. The Morgan fingerprint density at radius 2 is 2.00 bits per heavy atom. The van der Waals surface area contributed by atoms with Crippen LogP contribution in [0, 0.1) is 5.82 Å². The van der Waals surface area contributed by atoms with Crippen molar-refractivity contribution < 1.29 is 23.8 Å². The summed E-state index contributed by atoms with van der Waals surface area (Å²) in [6.07, 6.45) is 0.287. The third kappa shape index (κ3) is 2.72. The second kappa shape index (κ2) is 5.46. The highest BCUT2D eigenvalue weighted by atomic mass is 19.1. The van der Waals surface area contributed by atoms with Gasteiger partial charge in [0.2, 0.25) is 0 Å². The number of carboxylic acids is 1. The molecule has 1 aliphatic rings.